The number of carbonyl (C=O) groups excluding carboxylic acids is 2. The number of nitrogens with zero attached hydrogens (tertiary/aromatic N) is 2. The summed E-state index contributed by atoms with van der Waals surface area (Å²) in [6.45, 7) is 3.80. The first kappa shape index (κ1) is 18.0. The minimum atomic E-state index is -0.255. The van der Waals surface area contributed by atoms with E-state index in [1.54, 1.807) is 12.1 Å². The van der Waals surface area contributed by atoms with Gasteiger partial charge in [0.25, 0.3) is 0 Å². The molecule has 0 aliphatic heterocycles. The highest BCUT2D eigenvalue weighted by Crippen LogP contribution is 2.37. The highest BCUT2D eigenvalue weighted by molar-refractivity contribution is 5.89. The molecule has 2 aromatic rings. The molecule has 1 saturated carbocycles. The summed E-state index contributed by atoms with van der Waals surface area (Å²) in [7, 11) is 0. The van der Waals surface area contributed by atoms with Gasteiger partial charge in [-0.25, -0.2) is 4.79 Å². The van der Waals surface area contributed by atoms with E-state index in [-0.39, 0.29) is 17.7 Å². The number of phenols is 1. The predicted molar refractivity (Wildman–Crippen MR) is 99.3 cm³/mol. The number of hydrogen-bond acceptors (Lipinski definition) is 4. The van der Waals surface area contributed by atoms with Crippen LogP contribution in [0.2, 0.25) is 0 Å². The molecule has 138 valence electrons. The molecule has 0 unspecified atom stereocenters. The minimum Gasteiger partial charge on any atom is -0.507 e. The van der Waals surface area contributed by atoms with Gasteiger partial charge in [-0.2, -0.15) is 9.78 Å². The molecule has 7 nitrogen and oxygen atoms in total. The molecule has 0 saturated heterocycles. The molecule has 2 amide bonds. The lowest BCUT2D eigenvalue weighted by atomic mass is 10.0. The van der Waals surface area contributed by atoms with E-state index in [4.69, 9.17) is 0 Å². The van der Waals surface area contributed by atoms with Gasteiger partial charge >= 0.3 is 6.03 Å². The van der Waals surface area contributed by atoms with Crippen LogP contribution < -0.4 is 10.6 Å². The van der Waals surface area contributed by atoms with Gasteiger partial charge < -0.3 is 15.7 Å². The summed E-state index contributed by atoms with van der Waals surface area (Å²) in [5, 5.41) is 20.2. The second-order valence-electron chi connectivity index (χ2n) is 6.60. The summed E-state index contributed by atoms with van der Waals surface area (Å²) in [5.74, 6) is 0.107. The summed E-state index contributed by atoms with van der Waals surface area (Å²) in [6.07, 6.45) is 4.38. The van der Waals surface area contributed by atoms with E-state index in [9.17, 15) is 14.7 Å². The molecule has 0 spiro atoms. The van der Waals surface area contributed by atoms with Crippen LogP contribution in [0.15, 0.2) is 24.3 Å². The van der Waals surface area contributed by atoms with Crippen molar-refractivity contribution in [1.29, 1.82) is 0 Å². The lowest BCUT2D eigenvalue weighted by Crippen LogP contribution is -2.30. The highest BCUT2D eigenvalue weighted by Gasteiger charge is 2.25. The summed E-state index contributed by atoms with van der Waals surface area (Å²) in [4.78, 5) is 23.6. The molecule has 3 N–H and O–H groups in total. The first-order chi connectivity index (χ1) is 12.5. The zero-order valence-corrected chi connectivity index (χ0v) is 15.1. The molecule has 1 aliphatic rings. The Hall–Kier alpha value is -2.83. The van der Waals surface area contributed by atoms with Gasteiger partial charge in [-0.15, -0.1) is 0 Å². The van der Waals surface area contributed by atoms with Crippen LogP contribution in [0.25, 0.3) is 11.3 Å². The number of amides is 2. The quantitative estimate of drug-likeness (QED) is 0.782. The van der Waals surface area contributed by atoms with Crippen LogP contribution in [0.1, 0.15) is 51.1 Å². The normalized spacial score (nSPS) is 14.4. The molecule has 1 fully saturated rings. The lowest BCUT2D eigenvalue weighted by Gasteiger charge is -2.11. The Morgan fingerprint density at radius 1 is 1.27 bits per heavy atom. The third kappa shape index (κ3) is 3.71. The van der Waals surface area contributed by atoms with Crippen LogP contribution in [0, 0.1) is 0 Å². The topological polar surface area (TPSA) is 96.3 Å². The van der Waals surface area contributed by atoms with Crippen molar-refractivity contribution in [2.45, 2.75) is 45.4 Å². The van der Waals surface area contributed by atoms with Gasteiger partial charge in [0.2, 0.25) is 5.91 Å². The summed E-state index contributed by atoms with van der Waals surface area (Å²) in [6, 6.07) is 6.52. The van der Waals surface area contributed by atoms with Crippen molar-refractivity contribution in [2.24, 2.45) is 0 Å². The van der Waals surface area contributed by atoms with Gasteiger partial charge in [-0.3, -0.25) is 4.79 Å². The van der Waals surface area contributed by atoms with Gasteiger partial charge in [0.1, 0.15) is 5.75 Å². The molecule has 1 aromatic carbocycles. The van der Waals surface area contributed by atoms with E-state index in [0.717, 1.165) is 31.4 Å². The number of benzene rings is 1. The third-order valence-corrected chi connectivity index (χ3v) is 4.62. The Balaban J connectivity index is 1.98. The Morgan fingerprint density at radius 2 is 2.00 bits per heavy atom. The molecule has 7 heteroatoms. The molecule has 0 atom stereocenters. The molecule has 0 bridgehead atoms. The minimum absolute atomic E-state index is 0.00905. The van der Waals surface area contributed by atoms with Crippen LogP contribution in [-0.4, -0.2) is 33.4 Å². The van der Waals surface area contributed by atoms with Crippen LogP contribution in [0.4, 0.5) is 10.5 Å². The maximum Gasteiger partial charge on any atom is 0.342 e. The zero-order valence-electron chi connectivity index (χ0n) is 15.1. The first-order valence-corrected chi connectivity index (χ1v) is 8.98. The van der Waals surface area contributed by atoms with Gasteiger partial charge in [0.15, 0.2) is 0 Å². The molecule has 26 heavy (non-hydrogen) atoms. The number of nitrogens with one attached hydrogen (secondary N) is 2. The van der Waals surface area contributed by atoms with E-state index < -0.39 is 0 Å². The van der Waals surface area contributed by atoms with E-state index in [1.807, 2.05) is 13.0 Å². The second kappa shape index (κ2) is 7.59. The molecule has 1 heterocycles. The van der Waals surface area contributed by atoms with Crippen molar-refractivity contribution < 1.29 is 14.7 Å². The average molecular weight is 356 g/mol. The van der Waals surface area contributed by atoms with Crippen LogP contribution >= 0.6 is 0 Å². The number of carbonyl (C=O) groups is 2. The molecule has 3 rings (SSSR count). The molecule has 1 aromatic heterocycles. The van der Waals surface area contributed by atoms with Gasteiger partial charge in [-0.1, -0.05) is 12.8 Å². The Kier molecular flexibility index (Phi) is 5.25. The van der Waals surface area contributed by atoms with E-state index in [1.165, 1.54) is 17.7 Å². The number of phenolic OH excluding ortho intramolecular Hbond substituents is 1. The fraction of sp³-hybridized carbons (Fsp3) is 0.421. The number of anilines is 1. The summed E-state index contributed by atoms with van der Waals surface area (Å²) >= 11 is 0. The summed E-state index contributed by atoms with van der Waals surface area (Å²) in [5.41, 5.74) is 2.47. The van der Waals surface area contributed by atoms with Gasteiger partial charge in [0, 0.05) is 36.7 Å². The largest absolute Gasteiger partial charge is 0.507 e. The third-order valence-electron chi connectivity index (χ3n) is 4.62. The fourth-order valence-electron chi connectivity index (χ4n) is 3.46. The lowest BCUT2D eigenvalue weighted by molar-refractivity contribution is -0.114. The van der Waals surface area contributed by atoms with Gasteiger partial charge in [-0.05, 0) is 38.0 Å². The van der Waals surface area contributed by atoms with Crippen molar-refractivity contribution in [2.75, 3.05) is 11.9 Å². The van der Waals surface area contributed by atoms with Crippen LogP contribution in [0.3, 0.4) is 0 Å². The van der Waals surface area contributed by atoms with E-state index >= 15 is 0 Å². The fourth-order valence-corrected chi connectivity index (χ4v) is 3.46. The highest BCUT2D eigenvalue weighted by atomic mass is 16.3. The molecular formula is C19H24N4O3. The van der Waals surface area contributed by atoms with E-state index in [2.05, 4.69) is 15.7 Å². The number of aromatic hydroxyl groups is 1. The van der Waals surface area contributed by atoms with Crippen molar-refractivity contribution in [3.8, 4) is 17.0 Å². The smallest absolute Gasteiger partial charge is 0.342 e. The SMILES string of the molecule is CCNC(=O)n1nc(-c2ccc(NC(C)=O)cc2O)cc1C1CCCC1. The maximum atomic E-state index is 12.4. The van der Waals surface area contributed by atoms with Crippen LogP contribution in [-0.2, 0) is 4.79 Å². The number of rotatable bonds is 4. The Labute approximate surface area is 152 Å². The molecule has 0 radical (unpaired) electrons. The average Bonchev–Trinajstić information content (AvgIpc) is 3.24. The van der Waals surface area contributed by atoms with Gasteiger partial charge in [0.05, 0.1) is 11.4 Å². The number of aromatic nitrogens is 2. The number of hydrogen-bond donors (Lipinski definition) is 3. The Morgan fingerprint density at radius 3 is 2.62 bits per heavy atom. The molecular weight excluding hydrogens is 332 g/mol. The molecule has 1 aliphatic carbocycles. The van der Waals surface area contributed by atoms with Crippen molar-refractivity contribution in [1.82, 2.24) is 15.1 Å². The predicted octanol–water partition coefficient (Wildman–Crippen LogP) is 3.45. The monoisotopic (exact) mass is 356 g/mol. The first-order valence-electron chi connectivity index (χ1n) is 8.98. The summed E-state index contributed by atoms with van der Waals surface area (Å²) < 4.78 is 1.43. The Bertz CT molecular complexity index is 822. The zero-order chi connectivity index (χ0) is 18.7. The van der Waals surface area contributed by atoms with Crippen molar-refractivity contribution >= 4 is 17.6 Å². The maximum absolute atomic E-state index is 12.4. The van der Waals surface area contributed by atoms with E-state index in [0.29, 0.717) is 29.4 Å². The van der Waals surface area contributed by atoms with Crippen LogP contribution in [0.5, 0.6) is 5.75 Å². The van der Waals surface area contributed by atoms with Crippen molar-refractivity contribution in [3.63, 3.8) is 0 Å². The standard InChI is InChI=1S/C19H24N4O3/c1-3-20-19(26)23-17(13-6-4-5-7-13)11-16(22-23)15-9-8-14(10-18(15)25)21-12(2)24/h8-11,13,25H,3-7H2,1-2H3,(H,20,26)(H,21,24). The second-order valence-corrected chi connectivity index (χ2v) is 6.60. The van der Waals surface area contributed by atoms with Crippen molar-refractivity contribution in [3.05, 3.63) is 30.0 Å².